The molecule has 174 valence electrons. The Morgan fingerprint density at radius 3 is 2.52 bits per heavy atom. The fraction of sp³-hybridized carbons (Fsp3) is 0.440. The van der Waals surface area contributed by atoms with E-state index in [2.05, 4.69) is 53.2 Å². The van der Waals surface area contributed by atoms with Gasteiger partial charge < -0.3 is 9.80 Å². The summed E-state index contributed by atoms with van der Waals surface area (Å²) >= 11 is 6.13. The van der Waals surface area contributed by atoms with E-state index < -0.39 is 6.04 Å². The fourth-order valence-electron chi connectivity index (χ4n) is 5.31. The van der Waals surface area contributed by atoms with Crippen molar-refractivity contribution in [2.75, 3.05) is 25.0 Å². The minimum atomic E-state index is -0.433. The number of urea groups is 1. The predicted octanol–water partition coefficient (Wildman–Crippen LogP) is 3.34. The average molecular weight is 468 g/mol. The number of hydrogen-bond acceptors (Lipinski definition) is 5. The summed E-state index contributed by atoms with van der Waals surface area (Å²) in [7, 11) is 1.77. The Kier molecular flexibility index (Phi) is 5.80. The van der Waals surface area contributed by atoms with Crippen molar-refractivity contribution in [3.8, 4) is 0 Å². The van der Waals surface area contributed by atoms with Gasteiger partial charge in [0.05, 0.1) is 6.54 Å². The number of halogens is 1. The number of carbonyl (C=O) groups excluding carboxylic acids is 2. The van der Waals surface area contributed by atoms with Gasteiger partial charge in [-0.05, 0) is 47.7 Å². The Hall–Kier alpha value is -2.61. The summed E-state index contributed by atoms with van der Waals surface area (Å²) in [6.45, 7) is 6.25. The zero-order valence-electron chi connectivity index (χ0n) is 19.2. The van der Waals surface area contributed by atoms with Crippen LogP contribution >= 0.6 is 11.6 Å². The minimum Gasteiger partial charge on any atom is -0.343 e. The van der Waals surface area contributed by atoms with E-state index in [-0.39, 0.29) is 30.9 Å². The highest BCUT2D eigenvalue weighted by Crippen LogP contribution is 2.35. The number of benzene rings is 2. The number of carbonyl (C=O) groups is 2. The Balaban J connectivity index is 1.44. The van der Waals surface area contributed by atoms with E-state index in [0.29, 0.717) is 10.9 Å². The third-order valence-electron chi connectivity index (χ3n) is 6.99. The van der Waals surface area contributed by atoms with Crippen LogP contribution in [0.2, 0.25) is 5.02 Å². The smallest absolute Gasteiger partial charge is 0.328 e. The minimum absolute atomic E-state index is 0.144. The third kappa shape index (κ3) is 3.88. The van der Waals surface area contributed by atoms with E-state index in [4.69, 9.17) is 11.6 Å². The van der Waals surface area contributed by atoms with E-state index in [0.717, 1.165) is 30.8 Å². The van der Waals surface area contributed by atoms with Crippen LogP contribution in [0.3, 0.4) is 0 Å². The molecule has 2 aromatic rings. The van der Waals surface area contributed by atoms with E-state index in [1.165, 1.54) is 10.5 Å². The lowest BCUT2D eigenvalue weighted by Crippen LogP contribution is -2.66. The number of rotatable bonds is 4. The van der Waals surface area contributed by atoms with Crippen LogP contribution in [0.1, 0.15) is 25.0 Å². The normalized spacial score (nSPS) is 27.7. The van der Waals surface area contributed by atoms with Crippen LogP contribution in [-0.2, 0) is 17.8 Å². The molecule has 1 N–H and O–H groups in total. The van der Waals surface area contributed by atoms with Crippen molar-refractivity contribution in [1.29, 1.82) is 0 Å². The van der Waals surface area contributed by atoms with Crippen molar-refractivity contribution in [3.05, 3.63) is 64.7 Å². The molecule has 3 saturated heterocycles. The molecule has 3 aliphatic heterocycles. The molecule has 2 aromatic carbocycles. The topological polar surface area (TPSA) is 59.1 Å². The molecule has 3 heterocycles. The number of amides is 3. The van der Waals surface area contributed by atoms with Gasteiger partial charge in [-0.15, -0.1) is 0 Å². The molecular formula is C25H30ClN5O2. The second kappa shape index (κ2) is 8.63. The summed E-state index contributed by atoms with van der Waals surface area (Å²) in [4.78, 5) is 34.4. The molecule has 0 spiro atoms. The molecule has 0 bridgehead atoms. The van der Waals surface area contributed by atoms with Gasteiger partial charge in [-0.3, -0.25) is 19.9 Å². The van der Waals surface area contributed by atoms with Crippen LogP contribution in [0, 0.1) is 5.92 Å². The second-order valence-electron chi connectivity index (χ2n) is 9.35. The number of hydrogen-bond donors (Lipinski definition) is 1. The molecule has 4 unspecified atom stereocenters. The van der Waals surface area contributed by atoms with Gasteiger partial charge in [-0.2, -0.15) is 0 Å². The van der Waals surface area contributed by atoms with Crippen LogP contribution in [-0.4, -0.2) is 65.3 Å². The lowest BCUT2D eigenvalue weighted by molar-refractivity contribution is -0.139. The van der Waals surface area contributed by atoms with Crippen molar-refractivity contribution in [2.24, 2.45) is 5.92 Å². The highest BCUT2D eigenvalue weighted by Gasteiger charge is 2.56. The Morgan fingerprint density at radius 1 is 1.06 bits per heavy atom. The Bertz CT molecular complexity index is 1060. The first-order chi connectivity index (χ1) is 15.9. The quantitative estimate of drug-likeness (QED) is 0.747. The molecule has 3 fully saturated rings. The van der Waals surface area contributed by atoms with E-state index in [1.807, 2.05) is 12.1 Å². The van der Waals surface area contributed by atoms with E-state index in [9.17, 15) is 9.59 Å². The molecule has 0 radical (unpaired) electrons. The lowest BCUT2D eigenvalue weighted by atomic mass is 10.0. The van der Waals surface area contributed by atoms with Crippen LogP contribution in [0.5, 0.6) is 0 Å². The van der Waals surface area contributed by atoms with Crippen LogP contribution in [0.4, 0.5) is 10.5 Å². The zero-order chi connectivity index (χ0) is 23.3. The fourth-order valence-corrected chi connectivity index (χ4v) is 5.52. The Labute approximate surface area is 199 Å². The second-order valence-corrected chi connectivity index (χ2v) is 9.79. The number of anilines is 1. The van der Waals surface area contributed by atoms with Crippen molar-refractivity contribution < 1.29 is 9.59 Å². The van der Waals surface area contributed by atoms with Gasteiger partial charge in [0.25, 0.3) is 5.91 Å². The SMILES string of the molecule is CCc1ccc(N2CC(C)CN3C4C(=O)N(Cc5cccc(Cl)c5)C(=O)N(C)C4NC23)cc1. The van der Waals surface area contributed by atoms with Crippen molar-refractivity contribution in [3.63, 3.8) is 0 Å². The number of nitrogens with one attached hydrogen (secondary N) is 1. The summed E-state index contributed by atoms with van der Waals surface area (Å²) in [5, 5.41) is 4.18. The monoisotopic (exact) mass is 467 g/mol. The first-order valence-corrected chi connectivity index (χ1v) is 11.9. The van der Waals surface area contributed by atoms with Crippen molar-refractivity contribution in [2.45, 2.75) is 45.3 Å². The van der Waals surface area contributed by atoms with Crippen LogP contribution in [0.25, 0.3) is 0 Å². The molecule has 7 nitrogen and oxygen atoms in total. The molecule has 8 heteroatoms. The van der Waals surface area contributed by atoms with Gasteiger partial charge in [0.15, 0.2) is 0 Å². The number of fused-ring (bicyclic) bond motifs is 3. The predicted molar refractivity (Wildman–Crippen MR) is 129 cm³/mol. The average Bonchev–Trinajstić information content (AvgIpc) is 3.19. The molecule has 0 saturated carbocycles. The molecule has 0 aromatic heterocycles. The van der Waals surface area contributed by atoms with Gasteiger partial charge in [0, 0.05) is 30.8 Å². The van der Waals surface area contributed by atoms with E-state index in [1.54, 1.807) is 24.1 Å². The van der Waals surface area contributed by atoms with Gasteiger partial charge in [-0.1, -0.05) is 49.7 Å². The largest absolute Gasteiger partial charge is 0.343 e. The molecule has 5 rings (SSSR count). The summed E-state index contributed by atoms with van der Waals surface area (Å²) in [5.41, 5.74) is 3.26. The van der Waals surface area contributed by atoms with Crippen molar-refractivity contribution in [1.82, 2.24) is 20.0 Å². The summed E-state index contributed by atoms with van der Waals surface area (Å²) in [6, 6.07) is 15.2. The summed E-state index contributed by atoms with van der Waals surface area (Å²) in [5.74, 6) is 0.221. The number of imide groups is 1. The van der Waals surface area contributed by atoms with Crippen LogP contribution < -0.4 is 10.2 Å². The highest BCUT2D eigenvalue weighted by atomic mass is 35.5. The number of aryl methyl sites for hydroxylation is 1. The van der Waals surface area contributed by atoms with E-state index >= 15 is 0 Å². The van der Waals surface area contributed by atoms with Gasteiger partial charge in [-0.25, -0.2) is 4.79 Å². The van der Waals surface area contributed by atoms with Crippen molar-refractivity contribution >= 4 is 29.2 Å². The van der Waals surface area contributed by atoms with Gasteiger partial charge >= 0.3 is 6.03 Å². The molecule has 3 amide bonds. The number of nitrogens with zero attached hydrogens (tertiary/aromatic N) is 4. The first kappa shape index (κ1) is 22.2. The first-order valence-electron chi connectivity index (χ1n) is 11.6. The Morgan fingerprint density at radius 2 is 1.82 bits per heavy atom. The lowest BCUT2D eigenvalue weighted by Gasteiger charge is -2.46. The molecule has 33 heavy (non-hydrogen) atoms. The maximum absolute atomic E-state index is 13.7. The summed E-state index contributed by atoms with van der Waals surface area (Å²) in [6.07, 6.45) is 0.487. The molecule has 0 aliphatic carbocycles. The van der Waals surface area contributed by atoms with Gasteiger partial charge in [0.2, 0.25) is 0 Å². The molecular weight excluding hydrogens is 438 g/mol. The maximum atomic E-state index is 13.7. The van der Waals surface area contributed by atoms with Crippen LogP contribution in [0.15, 0.2) is 48.5 Å². The number of likely N-dealkylation sites (N-methyl/N-ethyl adjacent to an activating group) is 1. The third-order valence-corrected chi connectivity index (χ3v) is 7.23. The zero-order valence-corrected chi connectivity index (χ0v) is 20.0. The van der Waals surface area contributed by atoms with Gasteiger partial charge in [0.1, 0.15) is 18.5 Å². The standard InChI is InChI=1S/C25H30ClN5O2/c1-4-17-8-10-20(11-9-17)29-13-16(2)14-30-21-22(27-24(29)30)28(3)25(33)31(23(21)32)15-18-6-5-7-19(26)12-18/h5-12,16,21-22,24,27H,4,13-15H2,1-3H3. The molecule has 4 atom stereocenters. The summed E-state index contributed by atoms with van der Waals surface area (Å²) < 4.78 is 0. The highest BCUT2D eigenvalue weighted by molar-refractivity contribution is 6.30. The molecule has 3 aliphatic rings. The maximum Gasteiger partial charge on any atom is 0.328 e.